The van der Waals surface area contributed by atoms with Gasteiger partial charge >= 0.3 is 12.4 Å². The van der Waals surface area contributed by atoms with Crippen LogP contribution in [0.2, 0.25) is 0 Å². The number of allylic oxidation sites excluding steroid dienone is 2. The maximum Gasteiger partial charge on any atom is 0.435 e. The summed E-state index contributed by atoms with van der Waals surface area (Å²) >= 11 is 0. The van der Waals surface area contributed by atoms with Crippen LogP contribution in [0.1, 0.15) is 5.69 Å². The largest absolute Gasteiger partial charge is 0.435 e. The minimum atomic E-state index is -4.58. The van der Waals surface area contributed by atoms with E-state index in [9.17, 15) is 26.3 Å². The molecular formula is C20H13F6N5. The molecule has 3 aromatic rings. The van der Waals surface area contributed by atoms with Gasteiger partial charge in [-0.05, 0) is 18.2 Å². The van der Waals surface area contributed by atoms with Crippen LogP contribution >= 0.6 is 0 Å². The third-order valence-corrected chi connectivity index (χ3v) is 4.51. The zero-order valence-corrected chi connectivity index (χ0v) is 15.6. The molecular weight excluding hydrogens is 424 g/mol. The van der Waals surface area contributed by atoms with Crippen molar-refractivity contribution in [2.45, 2.75) is 12.4 Å². The van der Waals surface area contributed by atoms with Crippen LogP contribution in [0.15, 0.2) is 72.8 Å². The van der Waals surface area contributed by atoms with Gasteiger partial charge < -0.3 is 4.90 Å². The minimum Gasteiger partial charge on any atom is -0.343 e. The Labute approximate surface area is 172 Å². The Bertz CT molecular complexity index is 1140. The van der Waals surface area contributed by atoms with Gasteiger partial charge in [0.25, 0.3) is 0 Å². The van der Waals surface area contributed by atoms with E-state index in [-0.39, 0.29) is 12.4 Å². The van der Waals surface area contributed by atoms with Gasteiger partial charge in [-0.2, -0.15) is 31.4 Å². The molecule has 11 heteroatoms. The molecule has 1 aromatic carbocycles. The first-order valence-corrected chi connectivity index (χ1v) is 8.89. The quantitative estimate of drug-likeness (QED) is 0.531. The Morgan fingerprint density at radius 3 is 2.29 bits per heavy atom. The fraction of sp³-hybridized carbons (Fsp3) is 0.150. The van der Waals surface area contributed by atoms with Crippen molar-refractivity contribution < 1.29 is 26.3 Å². The zero-order valence-electron chi connectivity index (χ0n) is 15.6. The lowest BCUT2D eigenvalue weighted by atomic mass is 10.1. The maximum atomic E-state index is 13.1. The van der Waals surface area contributed by atoms with Crippen molar-refractivity contribution >= 4 is 5.69 Å². The average Bonchev–Trinajstić information content (AvgIpc) is 3.24. The SMILES string of the molecule is FC(F)(F)C1=CC=CN(c2ccccc2-c2cnc(-n3ccc(C(F)(F)F)n3)cn2)C1. The van der Waals surface area contributed by atoms with E-state index in [4.69, 9.17) is 0 Å². The molecule has 1 aliphatic rings. The van der Waals surface area contributed by atoms with Crippen molar-refractivity contribution in [1.29, 1.82) is 0 Å². The smallest absolute Gasteiger partial charge is 0.343 e. The number of rotatable bonds is 3. The first-order chi connectivity index (χ1) is 14.6. The average molecular weight is 437 g/mol. The molecule has 4 rings (SSSR count). The van der Waals surface area contributed by atoms with Gasteiger partial charge in [-0.15, -0.1) is 0 Å². The molecule has 0 atom stereocenters. The second-order valence-corrected chi connectivity index (χ2v) is 6.58. The predicted octanol–water partition coefficient (Wildman–Crippen LogP) is 5.17. The predicted molar refractivity (Wildman–Crippen MR) is 100 cm³/mol. The van der Waals surface area contributed by atoms with Crippen LogP contribution in [-0.4, -0.2) is 32.5 Å². The molecule has 0 amide bonds. The van der Waals surface area contributed by atoms with Crippen LogP contribution in [-0.2, 0) is 6.18 Å². The van der Waals surface area contributed by atoms with Gasteiger partial charge in [0.05, 0.1) is 35.9 Å². The van der Waals surface area contributed by atoms with Gasteiger partial charge in [0, 0.05) is 18.0 Å². The molecule has 2 aromatic heterocycles. The molecule has 0 fully saturated rings. The molecule has 0 N–H and O–H groups in total. The second kappa shape index (κ2) is 7.56. The van der Waals surface area contributed by atoms with Gasteiger partial charge in [0.2, 0.25) is 0 Å². The highest BCUT2D eigenvalue weighted by Gasteiger charge is 2.35. The Morgan fingerprint density at radius 2 is 1.65 bits per heavy atom. The summed E-state index contributed by atoms with van der Waals surface area (Å²) in [6.07, 6.45) is -1.48. The molecule has 0 unspecified atom stereocenters. The van der Waals surface area contributed by atoms with Crippen molar-refractivity contribution in [3.05, 3.63) is 78.5 Å². The molecule has 0 aliphatic carbocycles. The van der Waals surface area contributed by atoms with Crippen molar-refractivity contribution in [3.63, 3.8) is 0 Å². The monoisotopic (exact) mass is 437 g/mol. The number of hydrogen-bond acceptors (Lipinski definition) is 4. The fourth-order valence-corrected chi connectivity index (χ4v) is 3.02. The van der Waals surface area contributed by atoms with Gasteiger partial charge in [-0.25, -0.2) is 9.67 Å². The summed E-state index contributed by atoms with van der Waals surface area (Å²) < 4.78 is 78.4. The van der Waals surface area contributed by atoms with E-state index in [0.29, 0.717) is 16.9 Å². The number of alkyl halides is 6. The lowest BCUT2D eigenvalue weighted by Gasteiger charge is -2.27. The van der Waals surface area contributed by atoms with Crippen LogP contribution in [0, 0.1) is 0 Å². The molecule has 31 heavy (non-hydrogen) atoms. The first kappa shape index (κ1) is 20.6. The standard InChI is InChI=1S/C20H13F6N5/c21-19(22,23)13-4-3-8-30(12-13)16-6-2-1-5-14(16)15-10-28-18(11-27-15)31-9-7-17(29-31)20(24,25)26/h1-11H,12H2. The second-order valence-electron chi connectivity index (χ2n) is 6.58. The van der Waals surface area contributed by atoms with Crippen LogP contribution in [0.5, 0.6) is 0 Å². The maximum absolute atomic E-state index is 13.1. The van der Waals surface area contributed by atoms with Gasteiger partial charge in [-0.3, -0.25) is 4.98 Å². The Kier molecular flexibility index (Phi) is 5.03. The molecule has 0 bridgehead atoms. The third-order valence-electron chi connectivity index (χ3n) is 4.51. The van der Waals surface area contributed by atoms with Crippen LogP contribution in [0.3, 0.4) is 0 Å². The van der Waals surface area contributed by atoms with Gasteiger partial charge in [0.15, 0.2) is 11.5 Å². The molecule has 0 saturated carbocycles. The highest BCUT2D eigenvalue weighted by molar-refractivity contribution is 5.77. The van der Waals surface area contributed by atoms with E-state index >= 15 is 0 Å². The molecule has 0 radical (unpaired) electrons. The number of benzene rings is 1. The summed E-state index contributed by atoms with van der Waals surface area (Å²) in [4.78, 5) is 9.77. The number of nitrogens with zero attached hydrogens (tertiary/aromatic N) is 5. The summed E-state index contributed by atoms with van der Waals surface area (Å²) in [5.41, 5.74) is -0.404. The Hall–Kier alpha value is -3.63. The summed E-state index contributed by atoms with van der Waals surface area (Å²) in [5, 5.41) is 3.44. The van der Waals surface area contributed by atoms with Crippen molar-refractivity contribution in [2.24, 2.45) is 0 Å². The summed E-state index contributed by atoms with van der Waals surface area (Å²) in [5.74, 6) is 0.0666. The number of hydrogen-bond donors (Lipinski definition) is 0. The molecule has 3 heterocycles. The van der Waals surface area contributed by atoms with Crippen LogP contribution < -0.4 is 4.90 Å². The summed E-state index contributed by atoms with van der Waals surface area (Å²) in [6.45, 7) is -0.365. The van der Waals surface area contributed by atoms with Gasteiger partial charge in [0.1, 0.15) is 0 Å². The molecule has 0 saturated heterocycles. The van der Waals surface area contributed by atoms with Crippen molar-refractivity contribution in [3.8, 4) is 17.1 Å². The minimum absolute atomic E-state index is 0.0666. The Balaban J connectivity index is 1.62. The number of para-hydroxylation sites is 1. The summed E-state index contributed by atoms with van der Waals surface area (Å²) in [6, 6.07) is 7.53. The van der Waals surface area contributed by atoms with Crippen LogP contribution in [0.4, 0.5) is 32.0 Å². The van der Waals surface area contributed by atoms with Crippen molar-refractivity contribution in [1.82, 2.24) is 19.7 Å². The normalized spacial score (nSPS) is 14.6. The van der Waals surface area contributed by atoms with E-state index in [1.165, 1.54) is 29.6 Å². The molecule has 5 nitrogen and oxygen atoms in total. The van der Waals surface area contributed by atoms with E-state index in [1.807, 2.05) is 0 Å². The molecule has 0 spiro atoms. The van der Waals surface area contributed by atoms with Gasteiger partial charge in [-0.1, -0.05) is 24.3 Å². The highest BCUT2D eigenvalue weighted by Crippen LogP contribution is 2.34. The van der Waals surface area contributed by atoms with E-state index < -0.39 is 23.6 Å². The van der Waals surface area contributed by atoms with Crippen LogP contribution in [0.25, 0.3) is 17.1 Å². The fourth-order valence-electron chi connectivity index (χ4n) is 3.02. The van der Waals surface area contributed by atoms with E-state index in [1.54, 1.807) is 24.3 Å². The Morgan fingerprint density at radius 1 is 0.871 bits per heavy atom. The zero-order chi connectivity index (χ0) is 22.2. The first-order valence-electron chi connectivity index (χ1n) is 8.89. The highest BCUT2D eigenvalue weighted by atomic mass is 19.4. The van der Waals surface area contributed by atoms with E-state index in [2.05, 4.69) is 15.1 Å². The third kappa shape index (κ3) is 4.30. The van der Waals surface area contributed by atoms with Crippen molar-refractivity contribution in [2.75, 3.05) is 11.4 Å². The molecule has 1 aliphatic heterocycles. The lowest BCUT2D eigenvalue weighted by molar-refractivity contribution is -0.141. The lowest BCUT2D eigenvalue weighted by Crippen LogP contribution is -2.28. The topological polar surface area (TPSA) is 46.8 Å². The van der Waals surface area contributed by atoms with E-state index in [0.717, 1.165) is 23.0 Å². The summed E-state index contributed by atoms with van der Waals surface area (Å²) in [7, 11) is 0. The number of aromatic nitrogens is 4. The molecule has 160 valence electrons. The number of halogens is 6. The number of anilines is 1.